The summed E-state index contributed by atoms with van der Waals surface area (Å²) in [5.41, 5.74) is 1.68. The van der Waals surface area contributed by atoms with E-state index in [4.69, 9.17) is 14.2 Å². The topological polar surface area (TPSA) is 86.6 Å². The maximum Gasteiger partial charge on any atom is 0.203 e. The van der Waals surface area contributed by atoms with Crippen LogP contribution in [0.5, 0.6) is 23.0 Å². The number of nitrogens with zero attached hydrogens (tertiary/aromatic N) is 3. The van der Waals surface area contributed by atoms with Gasteiger partial charge in [-0.05, 0) is 49.4 Å². The van der Waals surface area contributed by atoms with E-state index in [0.717, 1.165) is 17.0 Å². The third-order valence-electron chi connectivity index (χ3n) is 3.43. The fraction of sp³-hybridized carbons (Fsp3) is 0.250. The highest BCUT2D eigenvalue weighted by Crippen LogP contribution is 2.36. The predicted octanol–water partition coefficient (Wildman–Crippen LogP) is 3.74. The standard InChI is InChI=1S/C10H9N3O.C10H14O3/c1-14-10-5-3-2-4-8(10)9-6-7-11-13-12-9;1-3-12-9-7-5-6-8(11)10(9)13-4-2/h2-7H,1H3;5-7,11H,3-4H2,1-2H3. The number of phenolic OH excluding ortho intramolecular Hbond substituents is 1. The van der Waals surface area contributed by atoms with Crippen LogP contribution >= 0.6 is 0 Å². The molecule has 0 radical (unpaired) electrons. The first-order chi connectivity index (χ1) is 13.2. The summed E-state index contributed by atoms with van der Waals surface area (Å²) in [6.07, 6.45) is 1.61. The molecule has 0 saturated carbocycles. The molecule has 1 aromatic heterocycles. The molecule has 0 aliphatic heterocycles. The summed E-state index contributed by atoms with van der Waals surface area (Å²) < 4.78 is 15.7. The van der Waals surface area contributed by atoms with Crippen LogP contribution in [0.4, 0.5) is 0 Å². The molecule has 0 atom stereocenters. The summed E-state index contributed by atoms with van der Waals surface area (Å²) >= 11 is 0. The second kappa shape index (κ2) is 10.6. The lowest BCUT2D eigenvalue weighted by Crippen LogP contribution is -1.98. The van der Waals surface area contributed by atoms with Crippen molar-refractivity contribution in [2.24, 2.45) is 0 Å². The summed E-state index contributed by atoms with van der Waals surface area (Å²) in [6.45, 7) is 4.82. The molecular formula is C20H23N3O4. The van der Waals surface area contributed by atoms with Crippen molar-refractivity contribution in [3.63, 3.8) is 0 Å². The van der Waals surface area contributed by atoms with Gasteiger partial charge in [0.1, 0.15) is 11.4 Å². The number of para-hydroxylation sites is 2. The smallest absolute Gasteiger partial charge is 0.203 e. The first-order valence-corrected chi connectivity index (χ1v) is 8.56. The van der Waals surface area contributed by atoms with E-state index in [9.17, 15) is 5.11 Å². The normalized spacial score (nSPS) is 9.74. The Kier molecular flexibility index (Phi) is 7.84. The second-order valence-corrected chi connectivity index (χ2v) is 5.18. The first-order valence-electron chi connectivity index (χ1n) is 8.56. The van der Waals surface area contributed by atoms with Gasteiger partial charge in [-0.3, -0.25) is 0 Å². The minimum Gasteiger partial charge on any atom is -0.504 e. The van der Waals surface area contributed by atoms with E-state index >= 15 is 0 Å². The molecule has 1 heterocycles. The fourth-order valence-corrected chi connectivity index (χ4v) is 2.30. The van der Waals surface area contributed by atoms with Crippen molar-refractivity contribution >= 4 is 0 Å². The van der Waals surface area contributed by atoms with Crippen molar-refractivity contribution in [1.29, 1.82) is 0 Å². The molecule has 0 spiro atoms. The Balaban J connectivity index is 0.000000194. The van der Waals surface area contributed by atoms with Gasteiger partial charge in [-0.15, -0.1) is 10.2 Å². The van der Waals surface area contributed by atoms with E-state index in [0.29, 0.717) is 24.7 Å². The molecule has 7 nitrogen and oxygen atoms in total. The third kappa shape index (κ3) is 5.57. The molecular weight excluding hydrogens is 346 g/mol. The number of benzene rings is 2. The number of aromatic hydroxyl groups is 1. The van der Waals surface area contributed by atoms with E-state index in [-0.39, 0.29) is 5.75 Å². The fourth-order valence-electron chi connectivity index (χ4n) is 2.30. The average molecular weight is 369 g/mol. The summed E-state index contributed by atoms with van der Waals surface area (Å²) in [7, 11) is 1.63. The Morgan fingerprint density at radius 2 is 1.63 bits per heavy atom. The SMILES string of the molecule is CCOc1cccc(O)c1OCC.COc1ccccc1-c1ccnnn1. The van der Waals surface area contributed by atoms with Gasteiger partial charge < -0.3 is 19.3 Å². The van der Waals surface area contributed by atoms with Crippen molar-refractivity contribution in [1.82, 2.24) is 15.4 Å². The van der Waals surface area contributed by atoms with Crippen LogP contribution in [-0.4, -0.2) is 40.8 Å². The highest BCUT2D eigenvalue weighted by atomic mass is 16.5. The summed E-state index contributed by atoms with van der Waals surface area (Å²) in [5, 5.41) is 20.6. The Labute approximate surface area is 158 Å². The quantitative estimate of drug-likeness (QED) is 0.708. The van der Waals surface area contributed by atoms with Crippen molar-refractivity contribution < 1.29 is 19.3 Å². The van der Waals surface area contributed by atoms with Gasteiger partial charge in [-0.1, -0.05) is 18.2 Å². The molecule has 142 valence electrons. The van der Waals surface area contributed by atoms with Gasteiger partial charge in [0.05, 0.1) is 26.5 Å². The van der Waals surface area contributed by atoms with E-state index in [1.165, 1.54) is 0 Å². The lowest BCUT2D eigenvalue weighted by atomic mass is 10.1. The zero-order chi connectivity index (χ0) is 19.5. The van der Waals surface area contributed by atoms with Gasteiger partial charge in [-0.2, -0.15) is 0 Å². The van der Waals surface area contributed by atoms with E-state index in [1.807, 2.05) is 38.1 Å². The number of ether oxygens (including phenoxy) is 3. The van der Waals surface area contributed by atoms with Crippen LogP contribution in [0.25, 0.3) is 11.3 Å². The molecule has 0 amide bonds. The Morgan fingerprint density at radius 1 is 0.889 bits per heavy atom. The minimum absolute atomic E-state index is 0.118. The highest BCUT2D eigenvalue weighted by molar-refractivity contribution is 5.66. The third-order valence-corrected chi connectivity index (χ3v) is 3.43. The molecule has 0 fully saturated rings. The van der Waals surface area contributed by atoms with Crippen LogP contribution in [0, 0.1) is 0 Å². The molecule has 0 saturated heterocycles. The lowest BCUT2D eigenvalue weighted by molar-refractivity contribution is 0.275. The highest BCUT2D eigenvalue weighted by Gasteiger charge is 2.08. The lowest BCUT2D eigenvalue weighted by Gasteiger charge is -2.11. The monoisotopic (exact) mass is 369 g/mol. The van der Waals surface area contributed by atoms with Crippen LogP contribution in [0.2, 0.25) is 0 Å². The van der Waals surface area contributed by atoms with Crippen LogP contribution in [0.3, 0.4) is 0 Å². The summed E-state index contributed by atoms with van der Waals surface area (Å²) in [6, 6.07) is 14.5. The van der Waals surface area contributed by atoms with Gasteiger partial charge in [0.25, 0.3) is 0 Å². The van der Waals surface area contributed by atoms with Crippen molar-refractivity contribution in [2.45, 2.75) is 13.8 Å². The zero-order valence-electron chi connectivity index (χ0n) is 15.6. The largest absolute Gasteiger partial charge is 0.504 e. The van der Waals surface area contributed by atoms with Crippen LogP contribution < -0.4 is 14.2 Å². The maximum absolute atomic E-state index is 9.44. The van der Waals surface area contributed by atoms with E-state index in [1.54, 1.807) is 37.6 Å². The van der Waals surface area contributed by atoms with Crippen molar-refractivity contribution in [3.8, 4) is 34.3 Å². The zero-order valence-corrected chi connectivity index (χ0v) is 15.6. The van der Waals surface area contributed by atoms with Crippen molar-refractivity contribution in [2.75, 3.05) is 20.3 Å². The molecule has 2 aromatic carbocycles. The van der Waals surface area contributed by atoms with Gasteiger partial charge in [-0.25, -0.2) is 0 Å². The van der Waals surface area contributed by atoms with Crippen LogP contribution in [0.1, 0.15) is 13.8 Å². The summed E-state index contributed by atoms with van der Waals surface area (Å²) in [4.78, 5) is 0. The average Bonchev–Trinajstić information content (AvgIpc) is 2.72. The number of methoxy groups -OCH3 is 1. The molecule has 3 aromatic rings. The van der Waals surface area contributed by atoms with Gasteiger partial charge in [0.15, 0.2) is 11.5 Å². The predicted molar refractivity (Wildman–Crippen MR) is 102 cm³/mol. The van der Waals surface area contributed by atoms with Gasteiger partial charge in [0.2, 0.25) is 5.75 Å². The van der Waals surface area contributed by atoms with Crippen LogP contribution in [0.15, 0.2) is 54.7 Å². The molecule has 0 unspecified atom stereocenters. The Bertz CT molecular complexity index is 828. The van der Waals surface area contributed by atoms with Gasteiger partial charge >= 0.3 is 0 Å². The van der Waals surface area contributed by atoms with E-state index < -0.39 is 0 Å². The van der Waals surface area contributed by atoms with Gasteiger partial charge in [0, 0.05) is 5.56 Å². The summed E-state index contributed by atoms with van der Waals surface area (Å²) in [5.74, 6) is 1.91. The number of hydrogen-bond donors (Lipinski definition) is 1. The molecule has 3 rings (SSSR count). The second-order valence-electron chi connectivity index (χ2n) is 5.18. The Hall–Kier alpha value is -3.35. The number of phenols is 1. The minimum atomic E-state index is 0.118. The molecule has 0 aliphatic rings. The molecule has 7 heteroatoms. The van der Waals surface area contributed by atoms with Crippen LogP contribution in [-0.2, 0) is 0 Å². The molecule has 27 heavy (non-hydrogen) atoms. The Morgan fingerprint density at radius 3 is 2.30 bits per heavy atom. The number of rotatable bonds is 6. The molecule has 1 N–H and O–H groups in total. The number of hydrogen-bond acceptors (Lipinski definition) is 7. The maximum atomic E-state index is 9.44. The molecule has 0 bridgehead atoms. The number of aromatic nitrogens is 3. The van der Waals surface area contributed by atoms with Crippen molar-refractivity contribution in [3.05, 3.63) is 54.7 Å². The molecule has 0 aliphatic carbocycles. The first kappa shape index (κ1) is 20.0. The van der Waals surface area contributed by atoms with E-state index in [2.05, 4.69) is 15.4 Å².